The van der Waals surface area contributed by atoms with Crippen molar-refractivity contribution in [1.82, 2.24) is 13.9 Å². The van der Waals surface area contributed by atoms with Gasteiger partial charge in [-0.05, 0) is 111 Å². The summed E-state index contributed by atoms with van der Waals surface area (Å²) in [7, 11) is 2.16. The van der Waals surface area contributed by atoms with Crippen molar-refractivity contribution >= 4 is 87.2 Å². The van der Waals surface area contributed by atoms with Crippen LogP contribution in [0, 0.1) is 0 Å². The molecule has 10 nitrogen and oxygen atoms in total. The van der Waals surface area contributed by atoms with Gasteiger partial charge in [0, 0.05) is 84.6 Å². The Morgan fingerprint density at radius 3 is 2.57 bits per heavy atom. The van der Waals surface area contributed by atoms with Crippen molar-refractivity contribution in [2.75, 3.05) is 48.4 Å². The zero-order valence-electron chi connectivity index (χ0n) is 36.8. The van der Waals surface area contributed by atoms with Gasteiger partial charge in [-0.15, -0.1) is 11.3 Å². The lowest BCUT2D eigenvalue weighted by Gasteiger charge is -2.45. The maximum Gasteiger partial charge on any atom is 0.163 e. The molecule has 0 radical (unpaired) electrons. The molecule has 2 saturated heterocycles. The van der Waals surface area contributed by atoms with Gasteiger partial charge in [0.1, 0.15) is 16.5 Å². The summed E-state index contributed by atoms with van der Waals surface area (Å²) in [5.74, 6) is 2.57. The van der Waals surface area contributed by atoms with E-state index < -0.39 is 0 Å². The van der Waals surface area contributed by atoms with E-state index in [-0.39, 0.29) is 23.9 Å². The first-order chi connectivity index (χ1) is 30.5. The molecule has 5 heterocycles. The molecule has 2 aliphatic heterocycles. The molecule has 3 aromatic heterocycles. The van der Waals surface area contributed by atoms with Crippen LogP contribution in [0.4, 0.5) is 17.2 Å². The number of aldehydes is 3. The highest BCUT2D eigenvalue weighted by atomic mass is 35.5. The minimum absolute atomic E-state index is 0.0341. The summed E-state index contributed by atoms with van der Waals surface area (Å²) >= 11 is 9.81. The molecular formula is C50H57ClN6O4S2. The molecule has 2 atom stereocenters. The summed E-state index contributed by atoms with van der Waals surface area (Å²) in [4.78, 5) is 40.8. The van der Waals surface area contributed by atoms with E-state index in [0.717, 1.165) is 121 Å². The van der Waals surface area contributed by atoms with Crippen molar-refractivity contribution in [2.24, 2.45) is 0 Å². The van der Waals surface area contributed by atoms with Gasteiger partial charge in [0.05, 0.1) is 10.4 Å². The van der Waals surface area contributed by atoms with Crippen molar-refractivity contribution in [3.8, 4) is 16.2 Å². The van der Waals surface area contributed by atoms with Gasteiger partial charge in [-0.3, -0.25) is 14.4 Å². The van der Waals surface area contributed by atoms with Crippen LogP contribution in [0.15, 0.2) is 79.0 Å². The van der Waals surface area contributed by atoms with Crippen LogP contribution in [-0.4, -0.2) is 83.7 Å². The minimum atomic E-state index is -0.161. The van der Waals surface area contributed by atoms with Crippen LogP contribution >= 0.6 is 34.9 Å². The molecule has 8 rings (SSSR count). The number of benzene rings is 3. The molecule has 2 fully saturated rings. The topological polar surface area (TPSA) is 99.5 Å². The van der Waals surface area contributed by atoms with Crippen molar-refractivity contribution < 1.29 is 19.1 Å². The average molecular weight is 906 g/mol. The van der Waals surface area contributed by atoms with Gasteiger partial charge in [-0.2, -0.15) is 5.10 Å². The molecule has 1 N–H and O–H groups in total. The second-order valence-electron chi connectivity index (χ2n) is 17.6. The number of nitrogens with one attached hydrogen (secondary N) is 1. The Bertz CT molecular complexity index is 2600. The predicted molar refractivity (Wildman–Crippen MR) is 262 cm³/mol. The minimum Gasteiger partial charge on any atom is -0.483 e. The van der Waals surface area contributed by atoms with Crippen LogP contribution in [0.5, 0.6) is 5.75 Å². The first kappa shape index (κ1) is 44.7. The first-order valence-electron chi connectivity index (χ1n) is 22.1. The van der Waals surface area contributed by atoms with E-state index in [1.165, 1.54) is 27.8 Å². The largest absolute Gasteiger partial charge is 0.483 e. The molecule has 0 aliphatic carbocycles. The van der Waals surface area contributed by atoms with E-state index in [1.54, 1.807) is 0 Å². The zero-order valence-corrected chi connectivity index (χ0v) is 39.2. The number of hydrogen-bond donors (Lipinski definition) is 1. The van der Waals surface area contributed by atoms with E-state index >= 15 is 0 Å². The predicted octanol–water partition coefficient (Wildman–Crippen LogP) is 11.6. The number of anilines is 3. The monoisotopic (exact) mass is 904 g/mol. The Morgan fingerprint density at radius 1 is 1.02 bits per heavy atom. The van der Waals surface area contributed by atoms with Gasteiger partial charge in [0.25, 0.3) is 0 Å². The number of nitrogens with zero attached hydrogens (tertiary/aromatic N) is 5. The molecule has 0 bridgehead atoms. The summed E-state index contributed by atoms with van der Waals surface area (Å²) < 4.78 is 10.0. The van der Waals surface area contributed by atoms with Gasteiger partial charge in [-0.1, -0.05) is 73.3 Å². The number of aromatic nitrogens is 2. The number of carbonyl (C=O) groups excluding carboxylic acids is 3. The maximum absolute atomic E-state index is 12.3. The fourth-order valence-electron chi connectivity index (χ4n) is 9.54. The molecule has 13 heteroatoms. The Labute approximate surface area is 384 Å². The number of ether oxygens (including phenoxy) is 1. The van der Waals surface area contributed by atoms with E-state index in [1.807, 2.05) is 40.7 Å². The molecule has 0 spiro atoms. The highest BCUT2D eigenvalue weighted by Gasteiger charge is 2.35. The third-order valence-corrected chi connectivity index (χ3v) is 16.0. The van der Waals surface area contributed by atoms with Crippen LogP contribution in [0.1, 0.15) is 103 Å². The first-order valence-corrected chi connectivity index (χ1v) is 24.2. The third-order valence-electron chi connectivity index (χ3n) is 13.0. The fourth-order valence-corrected chi connectivity index (χ4v) is 12.1. The fraction of sp³-hybridized carbons (Fsp3) is 0.400. The van der Waals surface area contributed by atoms with Crippen molar-refractivity contribution in [1.29, 1.82) is 0 Å². The van der Waals surface area contributed by atoms with E-state index in [2.05, 4.69) is 109 Å². The normalized spacial score (nSPS) is 17.5. The van der Waals surface area contributed by atoms with Gasteiger partial charge >= 0.3 is 0 Å². The summed E-state index contributed by atoms with van der Waals surface area (Å²) in [6.45, 7) is 11.8. The summed E-state index contributed by atoms with van der Waals surface area (Å²) in [6, 6.07) is 26.2. The van der Waals surface area contributed by atoms with Gasteiger partial charge in [-0.25, -0.2) is 8.82 Å². The number of carbonyl (C=O) groups is 3. The van der Waals surface area contributed by atoms with Gasteiger partial charge in [0.15, 0.2) is 30.4 Å². The lowest BCUT2D eigenvalue weighted by molar-refractivity contribution is -0.109. The highest BCUT2D eigenvalue weighted by Crippen LogP contribution is 2.46. The van der Waals surface area contributed by atoms with E-state index in [4.69, 9.17) is 21.4 Å². The lowest BCUT2D eigenvalue weighted by Crippen LogP contribution is -2.49. The van der Waals surface area contributed by atoms with Crippen LogP contribution in [0.25, 0.3) is 26.7 Å². The van der Waals surface area contributed by atoms with E-state index in [9.17, 15) is 14.4 Å². The molecular weight excluding hydrogens is 848 g/mol. The molecule has 330 valence electrons. The second-order valence-corrected chi connectivity index (χ2v) is 20.0. The quantitative estimate of drug-likeness (QED) is 0.0703. The third kappa shape index (κ3) is 9.51. The molecule has 63 heavy (non-hydrogen) atoms. The van der Waals surface area contributed by atoms with Gasteiger partial charge in [0.2, 0.25) is 0 Å². The number of pyridine rings is 1. The van der Waals surface area contributed by atoms with Crippen LogP contribution in [-0.2, 0) is 10.5 Å². The smallest absolute Gasteiger partial charge is 0.163 e. The number of fused-ring (bicyclic) bond motifs is 2. The molecule has 3 aromatic carbocycles. The molecule has 0 saturated carbocycles. The maximum atomic E-state index is 12.3. The van der Waals surface area contributed by atoms with Crippen molar-refractivity contribution in [3.05, 3.63) is 106 Å². The molecule has 2 unspecified atom stereocenters. The Morgan fingerprint density at radius 2 is 1.83 bits per heavy atom. The van der Waals surface area contributed by atoms with E-state index in [0.29, 0.717) is 28.1 Å². The van der Waals surface area contributed by atoms with Crippen molar-refractivity contribution in [2.45, 2.75) is 95.5 Å². The number of halogens is 1. The molecule has 2 aliphatic rings. The van der Waals surface area contributed by atoms with Crippen LogP contribution < -0.4 is 19.9 Å². The Balaban J connectivity index is 0.874. The van der Waals surface area contributed by atoms with Gasteiger partial charge < -0.3 is 19.9 Å². The molecule has 6 aromatic rings. The Kier molecular flexibility index (Phi) is 13.8. The lowest BCUT2D eigenvalue weighted by atomic mass is 9.85. The standard InChI is InChI=1S/C50H57ClN6O4S2/c1-6-9-33(2)54(5)43-15-14-41(42-13-8-11-37(30-59)46(42)43)35-17-20-55(21-18-35)45-28-40-26-34(16-22-56(40)53-45)32-62-57-23-19-39(29-50(57,3)4)52-38-12-7-10-36(27-38)49-47(51)48(61-25-24-58)44(31-60)63-49/h7-8,10-16,22,24,26-28,30-31,33,35,39,52H,6,9,17-21,23,25,29,32H2,1-5H3. The summed E-state index contributed by atoms with van der Waals surface area (Å²) in [5.41, 5.74) is 7.47. The number of rotatable bonds is 17. The number of hydrogen-bond acceptors (Lipinski definition) is 11. The second kappa shape index (κ2) is 19.5. The number of piperidine rings is 2. The Hall–Kier alpha value is -4.88. The van der Waals surface area contributed by atoms with Crippen molar-refractivity contribution in [3.63, 3.8) is 0 Å². The van der Waals surface area contributed by atoms with Crippen LogP contribution in [0.2, 0.25) is 5.02 Å². The molecule has 0 amide bonds. The zero-order chi connectivity index (χ0) is 44.3. The highest BCUT2D eigenvalue weighted by molar-refractivity contribution is 7.96. The number of thiophene rings is 1. The summed E-state index contributed by atoms with van der Waals surface area (Å²) in [5, 5.41) is 11.4. The average Bonchev–Trinajstić information content (AvgIpc) is 3.87. The SMILES string of the molecule is CCCC(C)N(C)c1ccc(C2CCN(c3cc4cc(CSN5CCC(Nc6cccc(-c7sc(C=O)c(OCC=O)c7Cl)c6)CC5(C)C)ccn4n3)CC2)c2cccc(C=O)c12. The summed E-state index contributed by atoms with van der Waals surface area (Å²) in [6.07, 6.45) is 10.7. The van der Waals surface area contributed by atoms with Crippen LogP contribution in [0.3, 0.4) is 0 Å².